The van der Waals surface area contributed by atoms with Gasteiger partial charge in [0.2, 0.25) is 0 Å². The average molecular weight is 386 g/mol. The van der Waals surface area contributed by atoms with Gasteiger partial charge in [-0.15, -0.1) is 0 Å². The summed E-state index contributed by atoms with van der Waals surface area (Å²) in [5.74, 6) is 0.148. The normalized spacial score (nSPS) is 11.7. The van der Waals surface area contributed by atoms with Gasteiger partial charge < -0.3 is 10.1 Å². The first-order chi connectivity index (χ1) is 12.5. The van der Waals surface area contributed by atoms with E-state index < -0.39 is 6.10 Å². The first-order valence-electron chi connectivity index (χ1n) is 8.11. The fraction of sp³-hybridized carbons (Fsp3) is 0.0952. The van der Waals surface area contributed by atoms with Crippen LogP contribution in [0.4, 0.5) is 5.69 Å². The van der Waals surface area contributed by atoms with Crippen LogP contribution in [0, 0.1) is 0 Å². The van der Waals surface area contributed by atoms with Crippen molar-refractivity contribution in [3.8, 4) is 16.9 Å². The van der Waals surface area contributed by atoms with Crippen LogP contribution in [0.1, 0.15) is 6.92 Å². The van der Waals surface area contributed by atoms with E-state index in [4.69, 9.17) is 27.9 Å². The molecule has 132 valence electrons. The third kappa shape index (κ3) is 4.37. The molecule has 1 N–H and O–H groups in total. The number of ether oxygens (including phenoxy) is 1. The van der Waals surface area contributed by atoms with Gasteiger partial charge in [-0.25, -0.2) is 0 Å². The summed E-state index contributed by atoms with van der Waals surface area (Å²) < 4.78 is 5.68. The van der Waals surface area contributed by atoms with Crippen LogP contribution < -0.4 is 10.1 Å². The third-order valence-electron chi connectivity index (χ3n) is 3.84. The summed E-state index contributed by atoms with van der Waals surface area (Å²) in [5, 5.41) is 3.80. The van der Waals surface area contributed by atoms with Crippen LogP contribution in [-0.2, 0) is 4.79 Å². The minimum Gasteiger partial charge on any atom is -0.479 e. The second-order valence-electron chi connectivity index (χ2n) is 5.74. The maximum Gasteiger partial charge on any atom is 0.265 e. The number of carbonyl (C=O) groups excluding carboxylic acids is 1. The second kappa shape index (κ2) is 8.26. The van der Waals surface area contributed by atoms with Gasteiger partial charge in [0, 0.05) is 16.3 Å². The number of rotatable bonds is 5. The monoisotopic (exact) mass is 385 g/mol. The maximum atomic E-state index is 12.6. The average Bonchev–Trinajstić information content (AvgIpc) is 2.65. The molecule has 0 saturated heterocycles. The lowest BCUT2D eigenvalue weighted by Crippen LogP contribution is -2.30. The smallest absolute Gasteiger partial charge is 0.265 e. The number of hydrogen-bond donors (Lipinski definition) is 1. The zero-order chi connectivity index (χ0) is 18.5. The Morgan fingerprint density at radius 1 is 0.962 bits per heavy atom. The molecule has 0 aliphatic carbocycles. The Hall–Kier alpha value is -2.49. The fourth-order valence-electron chi connectivity index (χ4n) is 2.51. The van der Waals surface area contributed by atoms with Gasteiger partial charge in [0.25, 0.3) is 5.91 Å². The van der Waals surface area contributed by atoms with Crippen molar-refractivity contribution in [2.75, 3.05) is 5.32 Å². The third-order valence-corrected chi connectivity index (χ3v) is 4.37. The van der Waals surface area contributed by atoms with Crippen molar-refractivity contribution in [1.29, 1.82) is 0 Å². The number of hydrogen-bond acceptors (Lipinski definition) is 2. The molecular weight excluding hydrogens is 369 g/mol. The highest BCUT2D eigenvalue weighted by Crippen LogP contribution is 2.30. The van der Waals surface area contributed by atoms with E-state index in [1.807, 2.05) is 54.6 Å². The molecule has 0 spiro atoms. The van der Waals surface area contributed by atoms with Crippen molar-refractivity contribution in [3.05, 3.63) is 82.8 Å². The summed E-state index contributed by atoms with van der Waals surface area (Å²) in [5.41, 5.74) is 2.69. The summed E-state index contributed by atoms with van der Waals surface area (Å²) >= 11 is 12.0. The molecule has 1 atom stereocenters. The zero-order valence-electron chi connectivity index (χ0n) is 14.1. The lowest BCUT2D eigenvalue weighted by molar-refractivity contribution is -0.122. The summed E-state index contributed by atoms with van der Waals surface area (Å²) in [6.45, 7) is 1.67. The van der Waals surface area contributed by atoms with E-state index in [9.17, 15) is 4.79 Å². The van der Waals surface area contributed by atoms with E-state index in [-0.39, 0.29) is 5.91 Å². The molecule has 0 bridgehead atoms. The Kier molecular flexibility index (Phi) is 5.82. The summed E-state index contributed by atoms with van der Waals surface area (Å²) in [6.07, 6.45) is -0.725. The number of benzene rings is 3. The summed E-state index contributed by atoms with van der Waals surface area (Å²) in [4.78, 5) is 12.6. The molecule has 3 nitrogen and oxygen atoms in total. The molecule has 0 aliphatic heterocycles. The standard InChI is InChI=1S/C21H17Cl2NO2/c1-14(26-20-12-11-16(22)13-18(20)23)21(25)24-19-10-6-5-9-17(19)15-7-3-2-4-8-15/h2-14H,1H3,(H,24,25). The molecule has 26 heavy (non-hydrogen) atoms. The fourth-order valence-corrected chi connectivity index (χ4v) is 2.96. The SMILES string of the molecule is CC(Oc1ccc(Cl)cc1Cl)C(=O)Nc1ccccc1-c1ccccc1. The molecule has 0 heterocycles. The van der Waals surface area contributed by atoms with Gasteiger partial charge in [-0.1, -0.05) is 71.7 Å². The van der Waals surface area contributed by atoms with Gasteiger partial charge in [0.1, 0.15) is 5.75 Å². The first kappa shape index (κ1) is 18.3. The topological polar surface area (TPSA) is 38.3 Å². The van der Waals surface area contributed by atoms with E-state index in [2.05, 4.69) is 5.32 Å². The van der Waals surface area contributed by atoms with E-state index in [0.717, 1.165) is 16.8 Å². The second-order valence-corrected chi connectivity index (χ2v) is 6.58. The number of halogens is 2. The van der Waals surface area contributed by atoms with Crippen LogP contribution in [0.3, 0.4) is 0 Å². The zero-order valence-corrected chi connectivity index (χ0v) is 15.6. The van der Waals surface area contributed by atoms with E-state index >= 15 is 0 Å². The number of nitrogens with one attached hydrogen (secondary N) is 1. The Balaban J connectivity index is 1.76. The Morgan fingerprint density at radius 3 is 2.38 bits per heavy atom. The molecule has 5 heteroatoms. The van der Waals surface area contributed by atoms with Crippen molar-refractivity contribution in [2.24, 2.45) is 0 Å². The van der Waals surface area contributed by atoms with Gasteiger partial charge in [-0.2, -0.15) is 0 Å². The van der Waals surface area contributed by atoms with Crippen LogP contribution in [-0.4, -0.2) is 12.0 Å². The Labute approximate surface area is 162 Å². The minimum absolute atomic E-state index is 0.264. The molecule has 0 fully saturated rings. The Morgan fingerprint density at radius 2 is 1.65 bits per heavy atom. The van der Waals surface area contributed by atoms with Gasteiger partial charge >= 0.3 is 0 Å². The first-order valence-corrected chi connectivity index (χ1v) is 8.87. The number of amides is 1. The van der Waals surface area contributed by atoms with Crippen LogP contribution in [0.25, 0.3) is 11.1 Å². The van der Waals surface area contributed by atoms with Crippen molar-refractivity contribution < 1.29 is 9.53 Å². The summed E-state index contributed by atoms with van der Waals surface area (Å²) in [7, 11) is 0. The largest absolute Gasteiger partial charge is 0.479 e. The highest BCUT2D eigenvalue weighted by atomic mass is 35.5. The molecule has 0 saturated carbocycles. The minimum atomic E-state index is -0.725. The molecule has 0 aliphatic rings. The highest BCUT2D eigenvalue weighted by molar-refractivity contribution is 6.35. The molecule has 1 amide bonds. The summed E-state index contributed by atoms with van der Waals surface area (Å²) in [6, 6.07) is 22.4. The van der Waals surface area contributed by atoms with Crippen molar-refractivity contribution >= 4 is 34.8 Å². The van der Waals surface area contributed by atoms with Crippen molar-refractivity contribution in [1.82, 2.24) is 0 Å². The number of para-hydroxylation sites is 1. The van der Waals surface area contributed by atoms with E-state index in [1.165, 1.54) is 0 Å². The van der Waals surface area contributed by atoms with Crippen LogP contribution in [0.5, 0.6) is 5.75 Å². The van der Waals surface area contributed by atoms with E-state index in [1.54, 1.807) is 25.1 Å². The molecule has 3 rings (SSSR count). The van der Waals surface area contributed by atoms with Crippen LogP contribution >= 0.6 is 23.2 Å². The molecular formula is C21H17Cl2NO2. The van der Waals surface area contributed by atoms with Crippen molar-refractivity contribution in [2.45, 2.75) is 13.0 Å². The molecule has 0 radical (unpaired) electrons. The lowest BCUT2D eigenvalue weighted by atomic mass is 10.0. The lowest BCUT2D eigenvalue weighted by Gasteiger charge is -2.17. The van der Waals surface area contributed by atoms with Crippen LogP contribution in [0.15, 0.2) is 72.8 Å². The van der Waals surface area contributed by atoms with Crippen LogP contribution in [0.2, 0.25) is 10.0 Å². The predicted octanol–water partition coefficient (Wildman–Crippen LogP) is 6.07. The van der Waals surface area contributed by atoms with E-state index in [0.29, 0.717) is 15.8 Å². The highest BCUT2D eigenvalue weighted by Gasteiger charge is 2.18. The molecule has 0 aromatic heterocycles. The number of anilines is 1. The number of carbonyl (C=O) groups is 1. The van der Waals surface area contributed by atoms with Gasteiger partial charge in [0.05, 0.1) is 5.02 Å². The van der Waals surface area contributed by atoms with Gasteiger partial charge in [-0.3, -0.25) is 4.79 Å². The predicted molar refractivity (Wildman–Crippen MR) is 107 cm³/mol. The molecule has 3 aromatic rings. The van der Waals surface area contributed by atoms with Gasteiger partial charge in [0.15, 0.2) is 6.10 Å². The quantitative estimate of drug-likeness (QED) is 0.578. The Bertz CT molecular complexity index is 913. The van der Waals surface area contributed by atoms with Gasteiger partial charge in [-0.05, 0) is 36.8 Å². The van der Waals surface area contributed by atoms with Crippen molar-refractivity contribution in [3.63, 3.8) is 0 Å². The maximum absolute atomic E-state index is 12.6. The molecule has 1 unspecified atom stereocenters. The molecule has 3 aromatic carbocycles.